The minimum atomic E-state index is -0.261. The normalized spacial score (nSPS) is 10.7. The average molecular weight is 629 g/mol. The number of rotatable bonds is 3. The van der Waals surface area contributed by atoms with Crippen LogP contribution < -0.4 is 10.6 Å². The molecule has 0 saturated heterocycles. The second kappa shape index (κ2) is 11.6. The molecule has 4 rings (SSSR count). The van der Waals surface area contributed by atoms with E-state index in [9.17, 15) is 0 Å². The predicted molar refractivity (Wildman–Crippen MR) is 139 cm³/mol. The predicted octanol–water partition coefficient (Wildman–Crippen LogP) is 6.26. The maximum absolute atomic E-state index is 4.51. The Hall–Kier alpha value is -0.954. The molecule has 0 fully saturated rings. The molecular weight excluding hydrogens is 599 g/mol. The Balaban J connectivity index is 0.000000220. The van der Waals surface area contributed by atoms with Crippen LogP contribution in [0.4, 0.5) is 0 Å². The average Bonchev–Trinajstić information content (AvgIpc) is 3.16. The zero-order valence-corrected chi connectivity index (χ0v) is 23.8. The first kappa shape index (κ1) is 25.3. The third kappa shape index (κ3) is 6.28. The fraction of sp³-hybridized carbons (Fsp3) is 0.240. The summed E-state index contributed by atoms with van der Waals surface area (Å²) in [4.78, 5) is 4.51. The molecule has 2 aromatic carbocycles. The summed E-state index contributed by atoms with van der Waals surface area (Å²) in [5.41, 5.74) is 4.56. The van der Waals surface area contributed by atoms with Gasteiger partial charge in [-0.15, -0.1) is 34.9 Å². The molecule has 2 aromatic heterocycles. The van der Waals surface area contributed by atoms with Crippen molar-refractivity contribution < 1.29 is 19.8 Å². The molecule has 1 nitrogen and oxygen atoms in total. The number of aryl methyl sites for hydroxylation is 2. The van der Waals surface area contributed by atoms with Crippen LogP contribution in [0, 0.1) is 19.9 Å². The minimum absolute atomic E-state index is 0. The molecule has 0 saturated carbocycles. The summed E-state index contributed by atoms with van der Waals surface area (Å²) in [6.45, 7) is 13.7. The Kier molecular flexibility index (Phi) is 9.79. The molecule has 2 heterocycles. The summed E-state index contributed by atoms with van der Waals surface area (Å²) in [6.07, 6.45) is 1.87. The van der Waals surface area contributed by atoms with Crippen LogP contribution in [0.1, 0.15) is 11.1 Å². The third-order valence-corrected chi connectivity index (χ3v) is 8.99. The molecule has 30 heavy (non-hydrogen) atoms. The van der Waals surface area contributed by atoms with E-state index in [1.165, 1.54) is 15.6 Å². The van der Waals surface area contributed by atoms with Crippen LogP contribution in [0.2, 0.25) is 0 Å². The molecule has 0 aliphatic rings. The van der Waals surface area contributed by atoms with Gasteiger partial charge in [0.05, 0.1) is 26.7 Å². The summed E-state index contributed by atoms with van der Waals surface area (Å²) < 4.78 is 1.24. The largest absolute Gasteiger partial charge is 1.00 e. The summed E-state index contributed by atoms with van der Waals surface area (Å²) in [5.74, 6) is 0. The van der Waals surface area contributed by atoms with E-state index in [0.717, 1.165) is 16.8 Å². The van der Waals surface area contributed by atoms with Gasteiger partial charge >= 0.3 is 19.8 Å². The van der Waals surface area contributed by atoms with Crippen LogP contribution in [-0.2, 0) is 19.8 Å². The van der Waals surface area contributed by atoms with Gasteiger partial charge in [0.2, 0.25) is 0 Å². The van der Waals surface area contributed by atoms with Crippen molar-refractivity contribution in [2.75, 3.05) is 26.7 Å². The molecule has 0 N–H and O–H groups in total. The smallest absolute Gasteiger partial charge is 0.303 e. The number of aromatic nitrogens is 1. The fourth-order valence-corrected chi connectivity index (χ4v) is 7.96. The zero-order chi connectivity index (χ0) is 21.0. The first-order valence-electron chi connectivity index (χ1n) is 9.90. The maximum atomic E-state index is 4.51. The van der Waals surface area contributed by atoms with Gasteiger partial charge in [-0.2, -0.15) is 11.3 Å². The monoisotopic (exact) mass is 630 g/mol. The standard InChI is InChI=1S/C15H12NS.C10H16P2.Os/c1-10-7-11(2)9-13(8-10)14-15-12(3-5-16-14)4-6-17-15;1-11(2)9-7-5-6-8-10(9)12(3)4;/h3-8H,1-2H3;5-8H,1-4H3;/q-1;;+1/p+2. The van der Waals surface area contributed by atoms with Crippen molar-refractivity contribution in [2.24, 2.45) is 0 Å². The van der Waals surface area contributed by atoms with Crippen molar-refractivity contribution in [3.05, 3.63) is 77.3 Å². The summed E-state index contributed by atoms with van der Waals surface area (Å²) in [5, 5.41) is 6.65. The molecule has 0 aliphatic heterocycles. The number of hydrogen-bond acceptors (Lipinski definition) is 2. The Morgan fingerprint density at radius 3 is 2.07 bits per heavy atom. The van der Waals surface area contributed by atoms with Crippen LogP contribution in [0.3, 0.4) is 0 Å². The molecule has 1 radical (unpaired) electrons. The van der Waals surface area contributed by atoms with Gasteiger partial charge in [0.25, 0.3) is 0 Å². The van der Waals surface area contributed by atoms with Crippen molar-refractivity contribution in [3.8, 4) is 11.3 Å². The van der Waals surface area contributed by atoms with Crippen molar-refractivity contribution in [3.63, 3.8) is 0 Å². The first-order valence-corrected chi connectivity index (χ1v) is 15.8. The SMILES string of the molecule is C[PH+](C)c1ccccc1[PH+](C)C.Cc1[c-]c(-c2nccc3ccsc23)cc(C)c1.[Os+]. The van der Waals surface area contributed by atoms with Gasteiger partial charge in [0.15, 0.2) is 0 Å². The molecule has 0 bridgehead atoms. The molecule has 4 aromatic rings. The minimum Gasteiger partial charge on any atom is -0.303 e. The number of hydrogen-bond donors (Lipinski definition) is 0. The van der Waals surface area contributed by atoms with Crippen molar-refractivity contribution in [1.82, 2.24) is 4.98 Å². The van der Waals surface area contributed by atoms with Crippen LogP contribution in [-0.4, -0.2) is 31.6 Å². The molecular formula is C25H30NOsP2S+2. The van der Waals surface area contributed by atoms with Crippen molar-refractivity contribution in [1.29, 1.82) is 0 Å². The maximum Gasteiger partial charge on any atom is 1.00 e. The Bertz CT molecular complexity index is 1060. The quantitative estimate of drug-likeness (QED) is 0.193. The number of thiophene rings is 1. The van der Waals surface area contributed by atoms with Gasteiger partial charge in [-0.3, -0.25) is 0 Å². The van der Waals surface area contributed by atoms with Gasteiger partial charge in [-0.05, 0) is 35.0 Å². The van der Waals surface area contributed by atoms with Crippen LogP contribution >= 0.6 is 27.2 Å². The van der Waals surface area contributed by atoms with Gasteiger partial charge in [-0.1, -0.05) is 26.0 Å². The molecule has 5 heteroatoms. The van der Waals surface area contributed by atoms with Crippen LogP contribution in [0.15, 0.2) is 60.1 Å². The molecule has 0 unspecified atom stereocenters. The van der Waals surface area contributed by atoms with Gasteiger partial charge < -0.3 is 4.98 Å². The third-order valence-electron chi connectivity index (χ3n) is 4.78. The van der Waals surface area contributed by atoms with E-state index in [4.69, 9.17) is 0 Å². The van der Waals surface area contributed by atoms with E-state index < -0.39 is 0 Å². The van der Waals surface area contributed by atoms with E-state index in [0.29, 0.717) is 0 Å². The summed E-state index contributed by atoms with van der Waals surface area (Å²) >= 11 is 1.74. The van der Waals surface area contributed by atoms with E-state index >= 15 is 0 Å². The second-order valence-electron chi connectivity index (χ2n) is 7.80. The van der Waals surface area contributed by atoms with E-state index in [2.05, 4.69) is 105 Å². The van der Waals surface area contributed by atoms with Gasteiger partial charge in [-0.25, -0.2) is 0 Å². The first-order chi connectivity index (χ1) is 13.9. The van der Waals surface area contributed by atoms with Gasteiger partial charge in [0, 0.05) is 32.4 Å². The molecule has 0 aliphatic carbocycles. The van der Waals surface area contributed by atoms with Gasteiger partial charge in [0.1, 0.15) is 10.6 Å². The number of pyridine rings is 1. The van der Waals surface area contributed by atoms with E-state index in [1.54, 1.807) is 21.9 Å². The number of nitrogens with zero attached hydrogens (tertiary/aromatic N) is 1. The van der Waals surface area contributed by atoms with E-state index in [1.807, 2.05) is 6.20 Å². The Labute approximate surface area is 200 Å². The van der Waals surface area contributed by atoms with Crippen LogP contribution in [0.25, 0.3) is 21.3 Å². The number of fused-ring (bicyclic) bond motifs is 1. The molecule has 0 amide bonds. The Morgan fingerprint density at radius 1 is 0.867 bits per heavy atom. The molecule has 0 atom stereocenters. The fourth-order valence-electron chi connectivity index (χ4n) is 3.46. The summed E-state index contributed by atoms with van der Waals surface area (Å²) in [6, 6.07) is 20.8. The van der Waals surface area contributed by atoms with Crippen molar-refractivity contribution in [2.45, 2.75) is 13.8 Å². The second-order valence-corrected chi connectivity index (χ2v) is 13.8. The van der Waals surface area contributed by atoms with Crippen LogP contribution in [0.5, 0.6) is 0 Å². The van der Waals surface area contributed by atoms with E-state index in [-0.39, 0.29) is 35.6 Å². The summed E-state index contributed by atoms with van der Waals surface area (Å²) in [7, 11) is -0.522. The molecule has 157 valence electrons. The number of benzene rings is 2. The van der Waals surface area contributed by atoms with Crippen molar-refractivity contribution >= 4 is 47.9 Å². The molecule has 0 spiro atoms. The zero-order valence-electron chi connectivity index (χ0n) is 18.5. The Morgan fingerprint density at radius 2 is 1.50 bits per heavy atom. The topological polar surface area (TPSA) is 12.9 Å².